The van der Waals surface area contributed by atoms with Crippen molar-refractivity contribution in [2.45, 2.75) is 32.4 Å². The summed E-state index contributed by atoms with van der Waals surface area (Å²) in [7, 11) is 0. The Morgan fingerprint density at radius 2 is 2.24 bits per heavy atom. The largest absolute Gasteiger partial charge is 0.492 e. The first-order valence-electron chi connectivity index (χ1n) is 5.86. The molecule has 0 spiro atoms. The van der Waals surface area contributed by atoms with Gasteiger partial charge in [0, 0.05) is 11.8 Å². The molecule has 0 aliphatic heterocycles. The van der Waals surface area contributed by atoms with Crippen LogP contribution in [0.2, 0.25) is 0 Å². The molecule has 1 heterocycles. The molecule has 0 N–H and O–H groups in total. The Labute approximate surface area is 107 Å². The van der Waals surface area contributed by atoms with Gasteiger partial charge in [0.1, 0.15) is 5.75 Å². The van der Waals surface area contributed by atoms with Crippen molar-refractivity contribution in [1.82, 2.24) is 4.98 Å². The van der Waals surface area contributed by atoms with Crippen LogP contribution in [0.5, 0.6) is 5.75 Å². The van der Waals surface area contributed by atoms with Gasteiger partial charge < -0.3 is 4.74 Å². The highest BCUT2D eigenvalue weighted by Crippen LogP contribution is 2.16. The van der Waals surface area contributed by atoms with Crippen molar-refractivity contribution in [2.24, 2.45) is 0 Å². The number of hydrogen-bond acceptors (Lipinski definition) is 4. The highest BCUT2D eigenvalue weighted by atomic mass is 32.2. The summed E-state index contributed by atoms with van der Waals surface area (Å²) in [4.78, 5) is 15.9. The van der Waals surface area contributed by atoms with Gasteiger partial charge in [-0.3, -0.25) is 9.78 Å². The number of ether oxygens (including phenoxy) is 1. The number of carbonyl (C=O) groups is 1. The Morgan fingerprint density at radius 3 is 2.88 bits per heavy atom. The van der Waals surface area contributed by atoms with Crippen LogP contribution in [0, 0.1) is 0 Å². The zero-order valence-electron chi connectivity index (χ0n) is 10.6. The van der Waals surface area contributed by atoms with Crippen LogP contribution in [-0.2, 0) is 0 Å². The third kappa shape index (κ3) is 5.22. The highest BCUT2D eigenvalue weighted by molar-refractivity contribution is 8.00. The summed E-state index contributed by atoms with van der Waals surface area (Å²) in [5, 5.41) is 0.464. The Balaban J connectivity index is 2.60. The maximum atomic E-state index is 11.9. The van der Waals surface area contributed by atoms with Crippen molar-refractivity contribution >= 4 is 17.5 Å². The van der Waals surface area contributed by atoms with Gasteiger partial charge in [-0.05, 0) is 17.7 Å². The van der Waals surface area contributed by atoms with Crippen LogP contribution in [0.4, 0.5) is 0 Å². The van der Waals surface area contributed by atoms with Crippen molar-refractivity contribution in [3.8, 4) is 5.75 Å². The summed E-state index contributed by atoms with van der Waals surface area (Å²) in [5.41, 5.74) is 0.631. The zero-order chi connectivity index (χ0) is 12.7. The van der Waals surface area contributed by atoms with Crippen molar-refractivity contribution in [1.29, 1.82) is 0 Å². The third-order valence-electron chi connectivity index (χ3n) is 2.06. The van der Waals surface area contributed by atoms with Gasteiger partial charge >= 0.3 is 0 Å². The quantitative estimate of drug-likeness (QED) is 0.700. The molecule has 0 aliphatic carbocycles. The van der Waals surface area contributed by atoms with Gasteiger partial charge in [0.15, 0.2) is 5.78 Å². The number of aromatic nitrogens is 1. The lowest BCUT2D eigenvalue weighted by Crippen LogP contribution is -2.06. The Hall–Kier alpha value is -1.03. The standard InChI is InChI=1S/C13H19NO2S/c1-4-5-16-12-6-11(7-14-8-12)13(15)9-17-10(2)3/h6-8,10H,4-5,9H2,1-3H3. The van der Waals surface area contributed by atoms with E-state index in [-0.39, 0.29) is 5.78 Å². The van der Waals surface area contributed by atoms with Gasteiger partial charge in [-0.2, -0.15) is 11.8 Å². The molecule has 1 aromatic heterocycles. The van der Waals surface area contributed by atoms with Crippen LogP contribution >= 0.6 is 11.8 Å². The van der Waals surface area contributed by atoms with Crippen LogP contribution in [0.25, 0.3) is 0 Å². The summed E-state index contributed by atoms with van der Waals surface area (Å²) >= 11 is 1.64. The lowest BCUT2D eigenvalue weighted by molar-refractivity contribution is 0.102. The van der Waals surface area contributed by atoms with Gasteiger partial charge in [0.25, 0.3) is 0 Å². The normalized spacial score (nSPS) is 10.6. The Kier molecular flexibility index (Phi) is 6.05. The topological polar surface area (TPSA) is 39.2 Å². The number of hydrogen-bond donors (Lipinski definition) is 0. The fraction of sp³-hybridized carbons (Fsp3) is 0.538. The summed E-state index contributed by atoms with van der Waals surface area (Å²) < 4.78 is 5.45. The van der Waals surface area contributed by atoms with Gasteiger partial charge in [0.2, 0.25) is 0 Å². The average Bonchev–Trinajstić information content (AvgIpc) is 2.33. The summed E-state index contributed by atoms with van der Waals surface area (Å²) in [6, 6.07) is 1.77. The minimum absolute atomic E-state index is 0.109. The molecule has 0 radical (unpaired) electrons. The van der Waals surface area contributed by atoms with Crippen molar-refractivity contribution in [2.75, 3.05) is 12.4 Å². The number of pyridine rings is 1. The van der Waals surface area contributed by atoms with E-state index in [2.05, 4.69) is 18.8 Å². The van der Waals surface area contributed by atoms with E-state index < -0.39 is 0 Å². The second-order valence-corrected chi connectivity index (χ2v) is 5.61. The molecule has 3 nitrogen and oxygen atoms in total. The predicted octanol–water partition coefficient (Wildman–Crippen LogP) is 3.19. The van der Waals surface area contributed by atoms with E-state index in [1.807, 2.05) is 6.92 Å². The summed E-state index contributed by atoms with van der Waals surface area (Å²) in [5.74, 6) is 1.28. The number of ketones is 1. The van der Waals surface area contributed by atoms with Crippen molar-refractivity contribution in [3.05, 3.63) is 24.0 Å². The molecule has 1 aromatic rings. The average molecular weight is 253 g/mol. The maximum absolute atomic E-state index is 11.9. The molecule has 0 fully saturated rings. The fourth-order valence-corrected chi connectivity index (χ4v) is 1.85. The van der Waals surface area contributed by atoms with E-state index in [0.717, 1.165) is 6.42 Å². The molecule has 0 unspecified atom stereocenters. The SMILES string of the molecule is CCCOc1cncc(C(=O)CSC(C)C)c1. The predicted molar refractivity (Wildman–Crippen MR) is 71.9 cm³/mol. The molecule has 94 valence electrons. The van der Waals surface area contributed by atoms with E-state index in [1.165, 1.54) is 0 Å². The number of Topliss-reactive ketones (excluding diaryl/α,β-unsaturated/α-hetero) is 1. The van der Waals surface area contributed by atoms with Gasteiger partial charge in [0.05, 0.1) is 18.6 Å². The first-order valence-corrected chi connectivity index (χ1v) is 6.91. The molecule has 4 heteroatoms. The highest BCUT2D eigenvalue weighted by Gasteiger charge is 2.08. The van der Waals surface area contributed by atoms with Gasteiger partial charge in [-0.1, -0.05) is 20.8 Å². The van der Waals surface area contributed by atoms with Crippen LogP contribution in [0.3, 0.4) is 0 Å². The molecule has 1 rings (SSSR count). The number of nitrogens with zero attached hydrogens (tertiary/aromatic N) is 1. The molecule has 17 heavy (non-hydrogen) atoms. The molecule has 0 atom stereocenters. The fourth-order valence-electron chi connectivity index (χ4n) is 1.20. The van der Waals surface area contributed by atoms with E-state index in [4.69, 9.17) is 4.74 Å². The molecule has 0 bridgehead atoms. The molecular formula is C13H19NO2S. The van der Waals surface area contributed by atoms with Crippen LogP contribution in [-0.4, -0.2) is 28.4 Å². The lowest BCUT2D eigenvalue weighted by atomic mass is 10.2. The summed E-state index contributed by atoms with van der Waals surface area (Å²) in [6.07, 6.45) is 4.19. The van der Waals surface area contributed by atoms with Crippen LogP contribution in [0.1, 0.15) is 37.6 Å². The molecule has 0 amide bonds. The second-order valence-electron chi connectivity index (χ2n) is 4.04. The Morgan fingerprint density at radius 1 is 1.47 bits per heavy atom. The van der Waals surface area contributed by atoms with Gasteiger partial charge in [-0.25, -0.2) is 0 Å². The van der Waals surface area contributed by atoms with E-state index >= 15 is 0 Å². The van der Waals surface area contributed by atoms with E-state index in [0.29, 0.717) is 28.9 Å². The zero-order valence-corrected chi connectivity index (χ0v) is 11.4. The van der Waals surface area contributed by atoms with Crippen LogP contribution < -0.4 is 4.74 Å². The molecular weight excluding hydrogens is 234 g/mol. The Bertz CT molecular complexity index is 366. The van der Waals surface area contributed by atoms with Gasteiger partial charge in [-0.15, -0.1) is 0 Å². The third-order valence-corrected chi connectivity index (χ3v) is 3.15. The molecule has 0 saturated heterocycles. The minimum Gasteiger partial charge on any atom is -0.492 e. The minimum atomic E-state index is 0.109. The van der Waals surface area contributed by atoms with Crippen molar-refractivity contribution < 1.29 is 9.53 Å². The monoisotopic (exact) mass is 253 g/mol. The molecule has 0 aliphatic rings. The molecule has 0 aromatic carbocycles. The van der Waals surface area contributed by atoms with E-state index in [9.17, 15) is 4.79 Å². The second kappa shape index (κ2) is 7.33. The summed E-state index contributed by atoms with van der Waals surface area (Å²) in [6.45, 7) is 6.86. The first kappa shape index (κ1) is 14.0. The lowest BCUT2D eigenvalue weighted by Gasteiger charge is -2.06. The molecule has 0 saturated carbocycles. The number of carbonyl (C=O) groups excluding carboxylic acids is 1. The maximum Gasteiger partial charge on any atom is 0.174 e. The van der Waals surface area contributed by atoms with E-state index in [1.54, 1.807) is 30.2 Å². The van der Waals surface area contributed by atoms with Crippen LogP contribution in [0.15, 0.2) is 18.5 Å². The smallest absolute Gasteiger partial charge is 0.174 e. The first-order chi connectivity index (χ1) is 8.13. The number of thioether (sulfide) groups is 1. The van der Waals surface area contributed by atoms with Crippen molar-refractivity contribution in [3.63, 3.8) is 0 Å². The number of rotatable bonds is 7.